The maximum atomic E-state index is 12.3. The van der Waals surface area contributed by atoms with Crippen LogP contribution in [-0.4, -0.2) is 47.4 Å². The molecule has 1 fully saturated rings. The average molecular weight is 398 g/mol. The molecule has 0 aliphatic carbocycles. The molecule has 146 valence electrons. The molecular weight excluding hydrogens is 376 g/mol. The van der Waals surface area contributed by atoms with E-state index in [9.17, 15) is 18.5 Å². The monoisotopic (exact) mass is 398 g/mol. The number of hydrogen-bond acceptors (Lipinski definition) is 6. The summed E-state index contributed by atoms with van der Waals surface area (Å²) >= 11 is 0. The predicted molar refractivity (Wildman–Crippen MR) is 108 cm³/mol. The summed E-state index contributed by atoms with van der Waals surface area (Å²) in [5.74, 6) is -0.0487. The predicted octanol–water partition coefficient (Wildman–Crippen LogP) is 2.00. The van der Waals surface area contributed by atoms with Crippen molar-refractivity contribution in [2.45, 2.75) is 11.8 Å². The van der Waals surface area contributed by atoms with Crippen LogP contribution in [-0.2, 0) is 10.0 Å². The Morgan fingerprint density at radius 2 is 1.64 bits per heavy atom. The van der Waals surface area contributed by atoms with Crippen molar-refractivity contribution < 1.29 is 13.2 Å². The number of ketones is 1. The molecule has 3 rings (SSSR count). The summed E-state index contributed by atoms with van der Waals surface area (Å²) in [5.41, 5.74) is 2.51. The fraction of sp³-hybridized carbons (Fsp3) is 0.300. The van der Waals surface area contributed by atoms with Gasteiger partial charge in [-0.05, 0) is 44.3 Å². The summed E-state index contributed by atoms with van der Waals surface area (Å²) in [7, 11) is -2.16. The molecule has 1 aliphatic heterocycles. The van der Waals surface area contributed by atoms with E-state index in [4.69, 9.17) is 0 Å². The van der Waals surface area contributed by atoms with E-state index in [0.29, 0.717) is 43.0 Å². The van der Waals surface area contributed by atoms with Gasteiger partial charge < -0.3 is 9.80 Å². The summed E-state index contributed by atoms with van der Waals surface area (Å²) in [5, 5.41) is 9.19. The molecule has 0 saturated carbocycles. The molecule has 0 aromatic heterocycles. The largest absolute Gasteiger partial charge is 0.367 e. The van der Waals surface area contributed by atoms with Crippen molar-refractivity contribution in [1.29, 1.82) is 5.26 Å². The van der Waals surface area contributed by atoms with Crippen LogP contribution in [0.25, 0.3) is 0 Å². The number of carbonyl (C=O) groups excluding carboxylic acids is 1. The third-order valence-electron chi connectivity index (χ3n) is 4.89. The molecule has 1 heterocycles. The lowest BCUT2D eigenvalue weighted by Gasteiger charge is -2.38. The van der Waals surface area contributed by atoms with Crippen molar-refractivity contribution in [3.63, 3.8) is 0 Å². The number of nitrogens with zero attached hydrogens (tertiary/aromatic N) is 3. The van der Waals surface area contributed by atoms with Crippen molar-refractivity contribution >= 4 is 27.2 Å². The Morgan fingerprint density at radius 1 is 1.04 bits per heavy atom. The first-order chi connectivity index (χ1) is 13.4. The maximum Gasteiger partial charge on any atom is 0.242 e. The zero-order chi connectivity index (χ0) is 20.3. The number of carbonyl (C=O) groups is 1. The molecule has 0 spiro atoms. The lowest BCUT2D eigenvalue weighted by atomic mass is 10.0. The van der Waals surface area contributed by atoms with Gasteiger partial charge in [0.1, 0.15) is 4.90 Å². The summed E-state index contributed by atoms with van der Waals surface area (Å²) in [6.45, 7) is 3.95. The van der Waals surface area contributed by atoms with E-state index < -0.39 is 10.0 Å². The molecule has 1 saturated heterocycles. The Labute approximate surface area is 165 Å². The number of hydrogen-bond donors (Lipinski definition) is 1. The molecule has 0 unspecified atom stereocenters. The van der Waals surface area contributed by atoms with E-state index in [0.717, 1.165) is 5.69 Å². The number of piperazine rings is 1. The van der Waals surface area contributed by atoms with Crippen molar-refractivity contribution in [3.8, 4) is 6.07 Å². The van der Waals surface area contributed by atoms with E-state index in [2.05, 4.69) is 15.7 Å². The van der Waals surface area contributed by atoms with Gasteiger partial charge in [0.25, 0.3) is 0 Å². The summed E-state index contributed by atoms with van der Waals surface area (Å²) in [6.07, 6.45) is 0. The molecule has 28 heavy (non-hydrogen) atoms. The van der Waals surface area contributed by atoms with Gasteiger partial charge in [0.05, 0.1) is 17.3 Å². The van der Waals surface area contributed by atoms with Gasteiger partial charge in [-0.1, -0.05) is 12.1 Å². The molecule has 1 N–H and O–H groups in total. The van der Waals surface area contributed by atoms with E-state index in [-0.39, 0.29) is 10.7 Å². The summed E-state index contributed by atoms with van der Waals surface area (Å²) < 4.78 is 27.0. The van der Waals surface area contributed by atoms with Crippen LogP contribution in [0.4, 0.5) is 11.4 Å². The maximum absolute atomic E-state index is 12.3. The highest BCUT2D eigenvalue weighted by Crippen LogP contribution is 2.29. The highest BCUT2D eigenvalue weighted by Gasteiger charge is 2.25. The third kappa shape index (κ3) is 3.86. The van der Waals surface area contributed by atoms with Crippen LogP contribution in [0.15, 0.2) is 47.4 Å². The van der Waals surface area contributed by atoms with Gasteiger partial charge in [-0.3, -0.25) is 4.79 Å². The van der Waals surface area contributed by atoms with Crippen LogP contribution < -0.4 is 14.5 Å². The molecule has 2 aromatic rings. The second-order valence-electron chi connectivity index (χ2n) is 6.55. The van der Waals surface area contributed by atoms with Crippen LogP contribution >= 0.6 is 0 Å². The second kappa shape index (κ2) is 8.00. The van der Waals surface area contributed by atoms with Gasteiger partial charge in [0.15, 0.2) is 5.78 Å². The number of para-hydroxylation sites is 1. The number of benzene rings is 2. The fourth-order valence-corrected chi connectivity index (χ4v) is 4.35. The first-order valence-corrected chi connectivity index (χ1v) is 10.4. The minimum absolute atomic E-state index is 0.0487. The Hall–Kier alpha value is -2.89. The van der Waals surface area contributed by atoms with E-state index in [1.807, 2.05) is 11.0 Å². The van der Waals surface area contributed by atoms with Gasteiger partial charge in [0.2, 0.25) is 10.0 Å². The molecule has 0 radical (unpaired) electrons. The van der Waals surface area contributed by atoms with Crippen LogP contribution in [0.3, 0.4) is 0 Å². The summed E-state index contributed by atoms with van der Waals surface area (Å²) in [6, 6.07) is 14.1. The number of nitrogens with one attached hydrogen (secondary N) is 1. The number of anilines is 2. The zero-order valence-electron chi connectivity index (χ0n) is 15.8. The van der Waals surface area contributed by atoms with E-state index in [1.54, 1.807) is 36.4 Å². The standard InChI is InChI=1S/C20H22N4O3S/c1-15(25)17-8-7-16(14-21)13-19(17)24-11-9-23(10-12-24)18-5-3-4-6-20(18)28(26,27)22-2/h3-8,13,22H,9-12H2,1-2H3. The molecule has 0 atom stereocenters. The Bertz CT molecular complexity index is 1040. The Morgan fingerprint density at radius 3 is 2.21 bits per heavy atom. The van der Waals surface area contributed by atoms with Crippen molar-refractivity contribution in [3.05, 3.63) is 53.6 Å². The third-order valence-corrected chi connectivity index (χ3v) is 6.35. The molecule has 0 amide bonds. The first-order valence-electron chi connectivity index (χ1n) is 8.95. The highest BCUT2D eigenvalue weighted by atomic mass is 32.2. The Kier molecular flexibility index (Phi) is 5.68. The first kappa shape index (κ1) is 19.9. The summed E-state index contributed by atoms with van der Waals surface area (Å²) in [4.78, 5) is 16.3. The van der Waals surface area contributed by atoms with Crippen molar-refractivity contribution in [2.75, 3.05) is 43.0 Å². The number of Topliss-reactive ketones (excluding diaryl/α,β-unsaturated/α-hetero) is 1. The second-order valence-corrected chi connectivity index (χ2v) is 8.40. The lowest BCUT2D eigenvalue weighted by molar-refractivity contribution is 0.101. The molecule has 8 heteroatoms. The minimum atomic E-state index is -3.56. The van der Waals surface area contributed by atoms with Crippen LogP contribution in [0.1, 0.15) is 22.8 Å². The van der Waals surface area contributed by atoms with Gasteiger partial charge in [0, 0.05) is 37.4 Å². The van der Waals surface area contributed by atoms with Crippen LogP contribution in [0.5, 0.6) is 0 Å². The van der Waals surface area contributed by atoms with E-state index >= 15 is 0 Å². The van der Waals surface area contributed by atoms with E-state index in [1.165, 1.54) is 14.0 Å². The lowest BCUT2D eigenvalue weighted by Crippen LogP contribution is -2.47. The van der Waals surface area contributed by atoms with Crippen molar-refractivity contribution in [1.82, 2.24) is 4.72 Å². The molecule has 7 nitrogen and oxygen atoms in total. The van der Waals surface area contributed by atoms with Gasteiger partial charge in [-0.15, -0.1) is 0 Å². The zero-order valence-corrected chi connectivity index (χ0v) is 16.7. The van der Waals surface area contributed by atoms with Crippen LogP contribution in [0, 0.1) is 11.3 Å². The number of nitriles is 1. The molecule has 0 bridgehead atoms. The van der Waals surface area contributed by atoms with Gasteiger partial charge in [-0.2, -0.15) is 5.26 Å². The minimum Gasteiger partial charge on any atom is -0.367 e. The molecule has 2 aromatic carbocycles. The van der Waals surface area contributed by atoms with Gasteiger partial charge in [-0.25, -0.2) is 13.1 Å². The van der Waals surface area contributed by atoms with Crippen molar-refractivity contribution in [2.24, 2.45) is 0 Å². The van der Waals surface area contributed by atoms with Crippen LogP contribution in [0.2, 0.25) is 0 Å². The number of sulfonamides is 1. The fourth-order valence-electron chi connectivity index (χ4n) is 3.40. The molecular formula is C20H22N4O3S. The number of rotatable bonds is 5. The van der Waals surface area contributed by atoms with Gasteiger partial charge >= 0.3 is 0 Å². The topological polar surface area (TPSA) is 93.5 Å². The average Bonchev–Trinajstić information content (AvgIpc) is 2.73. The SMILES string of the molecule is CNS(=O)(=O)c1ccccc1N1CCN(c2cc(C#N)ccc2C(C)=O)CC1. The molecule has 1 aliphatic rings. The Balaban J connectivity index is 1.86. The quantitative estimate of drug-likeness (QED) is 0.775. The smallest absolute Gasteiger partial charge is 0.242 e. The highest BCUT2D eigenvalue weighted by molar-refractivity contribution is 7.89. The normalized spacial score (nSPS) is 14.6.